The zero-order chi connectivity index (χ0) is 20.6. The van der Waals surface area contributed by atoms with Crippen LogP contribution in [0, 0.1) is 5.82 Å². The molecule has 0 radical (unpaired) electrons. The van der Waals surface area contributed by atoms with Crippen LogP contribution in [0.15, 0.2) is 53.2 Å². The van der Waals surface area contributed by atoms with E-state index in [-0.39, 0.29) is 43.6 Å². The lowest BCUT2D eigenvalue weighted by molar-refractivity contribution is -0.151. The Hall–Kier alpha value is -3.62. The third-order valence-electron chi connectivity index (χ3n) is 4.02. The molecule has 8 nitrogen and oxygen atoms in total. The summed E-state index contributed by atoms with van der Waals surface area (Å²) in [4.78, 5) is 33.7. The molecule has 2 heterocycles. The topological polar surface area (TPSA) is 98.4 Å². The minimum atomic E-state index is -0.550. The first-order chi connectivity index (χ1) is 14.0. The van der Waals surface area contributed by atoms with Crippen molar-refractivity contribution in [3.05, 3.63) is 65.9 Å². The number of halogens is 1. The Kier molecular flexibility index (Phi) is 6.62. The van der Waals surface area contributed by atoms with Gasteiger partial charge < -0.3 is 14.2 Å². The van der Waals surface area contributed by atoms with Gasteiger partial charge >= 0.3 is 5.97 Å². The molecule has 0 unspecified atom stereocenters. The number of carbonyl (C=O) groups excluding carboxylic acids is 2. The maximum Gasteiger partial charge on any atom is 0.306 e. The number of aromatic nitrogens is 3. The van der Waals surface area contributed by atoms with Gasteiger partial charge in [0.15, 0.2) is 6.61 Å². The largest absolute Gasteiger partial charge is 0.456 e. The molecule has 0 atom stereocenters. The van der Waals surface area contributed by atoms with E-state index in [2.05, 4.69) is 15.1 Å². The minimum absolute atomic E-state index is 0.00118. The van der Waals surface area contributed by atoms with Crippen LogP contribution < -0.4 is 0 Å². The summed E-state index contributed by atoms with van der Waals surface area (Å²) in [5.74, 6) is -0.636. The number of aryl methyl sites for hydroxylation is 1. The minimum Gasteiger partial charge on any atom is -0.456 e. The Bertz CT molecular complexity index is 960. The highest BCUT2D eigenvalue weighted by molar-refractivity contribution is 5.80. The summed E-state index contributed by atoms with van der Waals surface area (Å²) in [6, 6.07) is 11.2. The van der Waals surface area contributed by atoms with E-state index in [0.29, 0.717) is 11.5 Å². The molecule has 0 bridgehead atoms. The lowest BCUT2D eigenvalue weighted by Gasteiger charge is -2.17. The molecule has 2 aromatic heterocycles. The molecule has 0 saturated heterocycles. The first kappa shape index (κ1) is 20.1. The number of carbonyl (C=O) groups is 2. The number of benzene rings is 1. The first-order valence-electron chi connectivity index (χ1n) is 8.89. The predicted octanol–water partition coefficient (Wildman–Crippen LogP) is 2.41. The number of nitrogens with zero attached hydrogens (tertiary/aromatic N) is 4. The van der Waals surface area contributed by atoms with E-state index in [4.69, 9.17) is 9.26 Å². The van der Waals surface area contributed by atoms with Crippen molar-refractivity contribution in [3.8, 4) is 11.5 Å². The molecule has 1 aromatic carbocycles. The van der Waals surface area contributed by atoms with Crippen LogP contribution in [0.2, 0.25) is 0 Å². The molecule has 0 spiro atoms. The summed E-state index contributed by atoms with van der Waals surface area (Å²) in [6.45, 7) is -0.0888. The van der Waals surface area contributed by atoms with E-state index < -0.39 is 5.97 Å². The summed E-state index contributed by atoms with van der Waals surface area (Å²) in [5.41, 5.74) is 1.34. The molecule has 0 saturated carbocycles. The van der Waals surface area contributed by atoms with Crippen molar-refractivity contribution in [2.75, 3.05) is 13.7 Å². The molecule has 0 aliphatic carbocycles. The second-order valence-electron chi connectivity index (χ2n) is 6.26. The van der Waals surface area contributed by atoms with Crippen molar-refractivity contribution in [1.82, 2.24) is 20.0 Å². The van der Waals surface area contributed by atoms with E-state index in [9.17, 15) is 14.0 Å². The van der Waals surface area contributed by atoms with Gasteiger partial charge in [-0.25, -0.2) is 4.39 Å². The highest BCUT2D eigenvalue weighted by atomic mass is 19.1. The fourth-order valence-corrected chi connectivity index (χ4v) is 2.44. The van der Waals surface area contributed by atoms with E-state index in [1.807, 2.05) is 0 Å². The highest BCUT2D eigenvalue weighted by Gasteiger charge is 2.15. The standard InChI is InChI=1S/C20H19FN4O4/c1-25(12-14-5-7-15(21)8-6-14)18(26)13-28-19(27)10-9-17-23-20(24-29-17)16-4-2-3-11-22-16/h2-8,11H,9-10,12-13H2,1H3. The monoisotopic (exact) mass is 398 g/mol. The van der Waals surface area contributed by atoms with Gasteiger partial charge in [0, 0.05) is 26.2 Å². The molecule has 3 aromatic rings. The maximum absolute atomic E-state index is 12.9. The molecular formula is C20H19FN4O4. The number of likely N-dealkylation sites (N-methyl/N-ethyl adjacent to an activating group) is 1. The van der Waals surface area contributed by atoms with Gasteiger partial charge in [0.2, 0.25) is 11.7 Å². The van der Waals surface area contributed by atoms with Crippen LogP contribution in [0.5, 0.6) is 0 Å². The van der Waals surface area contributed by atoms with E-state index >= 15 is 0 Å². The Labute approximate surface area is 166 Å². The van der Waals surface area contributed by atoms with Crippen molar-refractivity contribution in [3.63, 3.8) is 0 Å². The zero-order valence-electron chi connectivity index (χ0n) is 15.7. The van der Waals surface area contributed by atoms with Gasteiger partial charge in [-0.1, -0.05) is 23.4 Å². The summed E-state index contributed by atoms with van der Waals surface area (Å²) >= 11 is 0. The molecule has 0 aliphatic heterocycles. The lowest BCUT2D eigenvalue weighted by Crippen LogP contribution is -2.30. The third-order valence-corrected chi connectivity index (χ3v) is 4.02. The Balaban J connectivity index is 1.41. The number of amides is 1. The van der Waals surface area contributed by atoms with Gasteiger partial charge in [-0.2, -0.15) is 4.98 Å². The number of pyridine rings is 1. The highest BCUT2D eigenvalue weighted by Crippen LogP contribution is 2.13. The van der Waals surface area contributed by atoms with Crippen LogP contribution in [0.25, 0.3) is 11.5 Å². The van der Waals surface area contributed by atoms with Gasteiger partial charge in [-0.15, -0.1) is 0 Å². The normalized spacial score (nSPS) is 10.6. The van der Waals surface area contributed by atoms with Crippen LogP contribution in [0.4, 0.5) is 4.39 Å². The molecular weight excluding hydrogens is 379 g/mol. The van der Waals surface area contributed by atoms with Crippen molar-refractivity contribution >= 4 is 11.9 Å². The average Bonchev–Trinajstić information content (AvgIpc) is 3.22. The number of esters is 1. The predicted molar refractivity (Wildman–Crippen MR) is 99.7 cm³/mol. The third kappa shape index (κ3) is 5.93. The molecule has 3 rings (SSSR count). The second kappa shape index (κ2) is 9.54. The molecule has 0 aliphatic rings. The van der Waals surface area contributed by atoms with Crippen LogP contribution >= 0.6 is 0 Å². The van der Waals surface area contributed by atoms with Crippen LogP contribution in [-0.4, -0.2) is 45.6 Å². The van der Waals surface area contributed by atoms with E-state index in [1.54, 1.807) is 43.6 Å². The molecule has 1 amide bonds. The fraction of sp³-hybridized carbons (Fsp3) is 0.250. The van der Waals surface area contributed by atoms with Gasteiger partial charge in [-0.3, -0.25) is 14.6 Å². The molecule has 9 heteroatoms. The molecule has 0 N–H and O–H groups in total. The SMILES string of the molecule is CN(Cc1ccc(F)cc1)C(=O)COC(=O)CCc1nc(-c2ccccn2)no1. The number of rotatable bonds is 8. The Morgan fingerprint density at radius 2 is 1.97 bits per heavy atom. The van der Waals surface area contributed by atoms with Crippen molar-refractivity contribution < 1.29 is 23.2 Å². The Morgan fingerprint density at radius 1 is 1.17 bits per heavy atom. The van der Waals surface area contributed by atoms with Crippen LogP contribution in [0.1, 0.15) is 17.9 Å². The van der Waals surface area contributed by atoms with Crippen molar-refractivity contribution in [2.24, 2.45) is 0 Å². The molecule has 150 valence electrons. The second-order valence-corrected chi connectivity index (χ2v) is 6.26. The van der Waals surface area contributed by atoms with Crippen LogP contribution in [0.3, 0.4) is 0 Å². The maximum atomic E-state index is 12.9. The fourth-order valence-electron chi connectivity index (χ4n) is 2.44. The number of hydrogen-bond acceptors (Lipinski definition) is 7. The number of hydrogen-bond donors (Lipinski definition) is 0. The van der Waals surface area contributed by atoms with Crippen LogP contribution in [-0.2, 0) is 27.3 Å². The van der Waals surface area contributed by atoms with E-state index in [0.717, 1.165) is 5.56 Å². The lowest BCUT2D eigenvalue weighted by atomic mass is 10.2. The molecule has 0 fully saturated rings. The Morgan fingerprint density at radius 3 is 2.69 bits per heavy atom. The summed E-state index contributed by atoms with van der Waals surface area (Å²) in [7, 11) is 1.58. The van der Waals surface area contributed by atoms with E-state index in [1.165, 1.54) is 17.0 Å². The quantitative estimate of drug-likeness (QED) is 0.537. The van der Waals surface area contributed by atoms with Gasteiger partial charge in [-0.05, 0) is 29.8 Å². The summed E-state index contributed by atoms with van der Waals surface area (Å²) in [6.07, 6.45) is 1.81. The summed E-state index contributed by atoms with van der Waals surface area (Å²) < 4.78 is 23.0. The molecule has 29 heavy (non-hydrogen) atoms. The smallest absolute Gasteiger partial charge is 0.306 e. The summed E-state index contributed by atoms with van der Waals surface area (Å²) in [5, 5.41) is 3.82. The van der Waals surface area contributed by atoms with Gasteiger partial charge in [0.05, 0.1) is 6.42 Å². The number of ether oxygens (including phenoxy) is 1. The van der Waals surface area contributed by atoms with Gasteiger partial charge in [0.1, 0.15) is 11.5 Å². The van der Waals surface area contributed by atoms with Crippen molar-refractivity contribution in [2.45, 2.75) is 19.4 Å². The zero-order valence-corrected chi connectivity index (χ0v) is 15.7. The van der Waals surface area contributed by atoms with Crippen molar-refractivity contribution in [1.29, 1.82) is 0 Å². The first-order valence-corrected chi connectivity index (χ1v) is 8.89. The van der Waals surface area contributed by atoms with Gasteiger partial charge in [0.25, 0.3) is 5.91 Å². The average molecular weight is 398 g/mol.